The standard InChI is InChI=1S/C13H18BrNOS/c14-12-2-1-3-13(6-12)16-8-11(7-15)10-4-5-17-9-10/h1-3,6,10-11H,4-5,7-9,15H2. The van der Waals surface area contributed by atoms with Gasteiger partial charge in [0.2, 0.25) is 0 Å². The van der Waals surface area contributed by atoms with E-state index in [1.807, 2.05) is 36.0 Å². The summed E-state index contributed by atoms with van der Waals surface area (Å²) in [6.45, 7) is 1.46. The largest absolute Gasteiger partial charge is 0.493 e. The van der Waals surface area contributed by atoms with Crippen molar-refractivity contribution < 1.29 is 4.74 Å². The molecule has 4 heteroatoms. The van der Waals surface area contributed by atoms with E-state index in [-0.39, 0.29) is 0 Å². The Labute approximate surface area is 115 Å². The van der Waals surface area contributed by atoms with Crippen molar-refractivity contribution in [2.75, 3.05) is 24.7 Å². The number of halogens is 1. The van der Waals surface area contributed by atoms with Crippen LogP contribution in [0.3, 0.4) is 0 Å². The topological polar surface area (TPSA) is 35.2 Å². The average Bonchev–Trinajstić information content (AvgIpc) is 2.84. The maximum Gasteiger partial charge on any atom is 0.120 e. The van der Waals surface area contributed by atoms with Gasteiger partial charge in [0.1, 0.15) is 5.75 Å². The Morgan fingerprint density at radius 1 is 1.53 bits per heavy atom. The van der Waals surface area contributed by atoms with Crippen LogP contribution in [0.1, 0.15) is 6.42 Å². The second-order valence-electron chi connectivity index (χ2n) is 4.39. The van der Waals surface area contributed by atoms with E-state index in [0.29, 0.717) is 5.92 Å². The fourth-order valence-corrected chi connectivity index (χ4v) is 3.84. The van der Waals surface area contributed by atoms with Crippen LogP contribution < -0.4 is 10.5 Å². The number of hydrogen-bond acceptors (Lipinski definition) is 3. The summed E-state index contributed by atoms with van der Waals surface area (Å²) in [5.74, 6) is 4.66. The SMILES string of the molecule is NCC(COc1cccc(Br)c1)C1CCSC1. The van der Waals surface area contributed by atoms with Crippen molar-refractivity contribution >= 4 is 27.7 Å². The number of rotatable bonds is 5. The van der Waals surface area contributed by atoms with Gasteiger partial charge in [-0.1, -0.05) is 22.0 Å². The molecule has 1 aliphatic heterocycles. The smallest absolute Gasteiger partial charge is 0.120 e. The van der Waals surface area contributed by atoms with Gasteiger partial charge in [0.05, 0.1) is 6.61 Å². The van der Waals surface area contributed by atoms with Gasteiger partial charge in [0.15, 0.2) is 0 Å². The first kappa shape index (κ1) is 13.2. The van der Waals surface area contributed by atoms with Crippen LogP contribution in [0.5, 0.6) is 5.75 Å². The monoisotopic (exact) mass is 315 g/mol. The maximum atomic E-state index is 5.85. The first-order valence-corrected chi connectivity index (χ1v) is 7.90. The molecule has 0 spiro atoms. The predicted molar refractivity (Wildman–Crippen MR) is 77.6 cm³/mol. The molecule has 1 aromatic carbocycles. The summed E-state index contributed by atoms with van der Waals surface area (Å²) >= 11 is 5.48. The molecule has 1 saturated heterocycles. The molecule has 2 nitrogen and oxygen atoms in total. The van der Waals surface area contributed by atoms with Gasteiger partial charge in [-0.2, -0.15) is 11.8 Å². The van der Waals surface area contributed by atoms with E-state index >= 15 is 0 Å². The molecule has 1 fully saturated rings. The first-order valence-electron chi connectivity index (χ1n) is 5.96. The van der Waals surface area contributed by atoms with E-state index < -0.39 is 0 Å². The lowest BCUT2D eigenvalue weighted by Gasteiger charge is -2.21. The van der Waals surface area contributed by atoms with Gasteiger partial charge in [0.25, 0.3) is 0 Å². The lowest BCUT2D eigenvalue weighted by atomic mass is 9.93. The second-order valence-corrected chi connectivity index (χ2v) is 6.45. The van der Waals surface area contributed by atoms with E-state index in [1.54, 1.807) is 0 Å². The predicted octanol–water partition coefficient (Wildman–Crippen LogP) is 3.16. The summed E-state index contributed by atoms with van der Waals surface area (Å²) in [5, 5.41) is 0. The molecule has 1 heterocycles. The Balaban J connectivity index is 1.87. The van der Waals surface area contributed by atoms with Crippen LogP contribution in [0.2, 0.25) is 0 Å². The highest BCUT2D eigenvalue weighted by Crippen LogP contribution is 2.30. The van der Waals surface area contributed by atoms with Crippen LogP contribution >= 0.6 is 27.7 Å². The van der Waals surface area contributed by atoms with Gasteiger partial charge in [-0.25, -0.2) is 0 Å². The summed E-state index contributed by atoms with van der Waals surface area (Å²) < 4.78 is 6.88. The fourth-order valence-electron chi connectivity index (χ4n) is 2.08. The Morgan fingerprint density at radius 3 is 3.06 bits per heavy atom. The van der Waals surface area contributed by atoms with Gasteiger partial charge in [0, 0.05) is 10.4 Å². The third-order valence-corrected chi connectivity index (χ3v) is 4.88. The average molecular weight is 316 g/mol. The van der Waals surface area contributed by atoms with Crippen molar-refractivity contribution in [1.82, 2.24) is 0 Å². The summed E-state index contributed by atoms with van der Waals surface area (Å²) in [5.41, 5.74) is 5.85. The number of thioether (sulfide) groups is 1. The van der Waals surface area contributed by atoms with Crippen LogP contribution in [0.4, 0.5) is 0 Å². The van der Waals surface area contributed by atoms with Crippen LogP contribution in [-0.2, 0) is 0 Å². The molecule has 0 aromatic heterocycles. The number of ether oxygens (including phenoxy) is 1. The lowest BCUT2D eigenvalue weighted by Crippen LogP contribution is -2.29. The van der Waals surface area contributed by atoms with Crippen LogP contribution in [0, 0.1) is 11.8 Å². The first-order chi connectivity index (χ1) is 8.29. The normalized spacial score (nSPS) is 21.4. The van der Waals surface area contributed by atoms with Crippen molar-refractivity contribution in [1.29, 1.82) is 0 Å². The van der Waals surface area contributed by atoms with Crippen molar-refractivity contribution in [3.8, 4) is 5.75 Å². The summed E-state index contributed by atoms with van der Waals surface area (Å²) in [7, 11) is 0. The van der Waals surface area contributed by atoms with Gasteiger partial charge < -0.3 is 10.5 Å². The number of nitrogens with two attached hydrogens (primary N) is 1. The zero-order valence-electron chi connectivity index (χ0n) is 9.77. The van der Waals surface area contributed by atoms with E-state index in [2.05, 4.69) is 15.9 Å². The second kappa shape index (κ2) is 6.66. The highest BCUT2D eigenvalue weighted by molar-refractivity contribution is 9.10. The fraction of sp³-hybridized carbons (Fsp3) is 0.538. The van der Waals surface area contributed by atoms with E-state index in [9.17, 15) is 0 Å². The summed E-state index contributed by atoms with van der Waals surface area (Å²) in [6, 6.07) is 7.97. The number of benzene rings is 1. The van der Waals surface area contributed by atoms with Crippen molar-refractivity contribution in [2.45, 2.75) is 6.42 Å². The minimum absolute atomic E-state index is 0.490. The number of hydrogen-bond donors (Lipinski definition) is 1. The van der Waals surface area contributed by atoms with Crippen molar-refractivity contribution in [2.24, 2.45) is 17.6 Å². The highest BCUT2D eigenvalue weighted by Gasteiger charge is 2.24. The molecule has 0 amide bonds. The van der Waals surface area contributed by atoms with Crippen LogP contribution in [0.15, 0.2) is 28.7 Å². The molecule has 0 bridgehead atoms. The molecule has 0 saturated carbocycles. The van der Waals surface area contributed by atoms with Gasteiger partial charge in [-0.3, -0.25) is 0 Å². The summed E-state index contributed by atoms with van der Waals surface area (Å²) in [6.07, 6.45) is 1.29. The van der Waals surface area contributed by atoms with E-state index in [0.717, 1.165) is 29.3 Å². The van der Waals surface area contributed by atoms with Gasteiger partial charge in [-0.15, -0.1) is 0 Å². The van der Waals surface area contributed by atoms with Crippen molar-refractivity contribution in [3.63, 3.8) is 0 Å². The molecule has 1 aromatic rings. The molecule has 2 unspecified atom stereocenters. The molecule has 17 heavy (non-hydrogen) atoms. The minimum atomic E-state index is 0.490. The molecular formula is C13H18BrNOS. The van der Waals surface area contributed by atoms with E-state index in [4.69, 9.17) is 10.5 Å². The Hall–Kier alpha value is -0.190. The molecular weight excluding hydrogens is 298 g/mol. The summed E-state index contributed by atoms with van der Waals surface area (Å²) in [4.78, 5) is 0. The van der Waals surface area contributed by atoms with Gasteiger partial charge in [-0.05, 0) is 48.6 Å². The Kier molecular flexibility index (Phi) is 5.19. The Bertz CT molecular complexity index is 355. The zero-order chi connectivity index (χ0) is 12.1. The molecule has 2 atom stereocenters. The minimum Gasteiger partial charge on any atom is -0.493 e. The van der Waals surface area contributed by atoms with Crippen LogP contribution in [0.25, 0.3) is 0 Å². The van der Waals surface area contributed by atoms with Crippen LogP contribution in [-0.4, -0.2) is 24.7 Å². The zero-order valence-corrected chi connectivity index (χ0v) is 12.2. The Morgan fingerprint density at radius 2 is 2.41 bits per heavy atom. The highest BCUT2D eigenvalue weighted by atomic mass is 79.9. The molecule has 94 valence electrons. The molecule has 2 N–H and O–H groups in total. The lowest BCUT2D eigenvalue weighted by molar-refractivity contribution is 0.209. The molecule has 0 radical (unpaired) electrons. The maximum absolute atomic E-state index is 5.85. The molecule has 0 aliphatic carbocycles. The molecule has 1 aliphatic rings. The third-order valence-electron chi connectivity index (χ3n) is 3.19. The quantitative estimate of drug-likeness (QED) is 0.906. The third kappa shape index (κ3) is 3.90. The van der Waals surface area contributed by atoms with Crippen molar-refractivity contribution in [3.05, 3.63) is 28.7 Å². The van der Waals surface area contributed by atoms with Gasteiger partial charge >= 0.3 is 0 Å². The van der Waals surface area contributed by atoms with E-state index in [1.165, 1.54) is 17.9 Å². The molecule has 2 rings (SSSR count).